The average molecular weight is 399 g/mol. The molecule has 0 aliphatic carbocycles. The number of amides is 1. The third-order valence-electron chi connectivity index (χ3n) is 4.90. The first kappa shape index (κ1) is 19.1. The number of nitrogens with zero attached hydrogens (tertiary/aromatic N) is 3. The number of fused-ring (bicyclic) bond motifs is 1. The molecule has 1 unspecified atom stereocenters. The van der Waals surface area contributed by atoms with E-state index in [1.165, 1.54) is 5.56 Å². The van der Waals surface area contributed by atoms with Gasteiger partial charge in [-0.05, 0) is 25.3 Å². The van der Waals surface area contributed by atoms with E-state index in [-0.39, 0.29) is 18.1 Å². The first-order valence-electron chi connectivity index (χ1n) is 9.65. The zero-order valence-electron chi connectivity index (χ0n) is 16.5. The Morgan fingerprint density at radius 1 is 1.39 bits per heavy atom. The van der Waals surface area contributed by atoms with Gasteiger partial charge in [0.25, 0.3) is 5.91 Å². The number of nitrogens with one attached hydrogen (secondary N) is 1. The second-order valence-corrected chi connectivity index (χ2v) is 8.64. The highest BCUT2D eigenvalue weighted by Gasteiger charge is 2.30. The lowest BCUT2D eigenvalue weighted by Gasteiger charge is -2.33. The number of carbonyl (C=O) groups is 1. The summed E-state index contributed by atoms with van der Waals surface area (Å²) in [4.78, 5) is 16.0. The van der Waals surface area contributed by atoms with Crippen LogP contribution in [-0.4, -0.2) is 46.3 Å². The molecule has 1 saturated heterocycles. The van der Waals surface area contributed by atoms with Gasteiger partial charge in [-0.25, -0.2) is 0 Å². The Labute approximate surface area is 169 Å². The summed E-state index contributed by atoms with van der Waals surface area (Å²) in [7, 11) is 1.93. The van der Waals surface area contributed by atoms with Gasteiger partial charge in [-0.1, -0.05) is 18.2 Å². The average Bonchev–Trinajstić information content (AvgIpc) is 3.24. The van der Waals surface area contributed by atoms with Crippen molar-refractivity contribution in [1.29, 1.82) is 0 Å². The summed E-state index contributed by atoms with van der Waals surface area (Å²) < 4.78 is 9.12. The Balaban J connectivity index is 1.64. The molecule has 0 bridgehead atoms. The second-order valence-electron chi connectivity index (χ2n) is 7.59. The SMILES string of the molecule is CC(C)NC(=O)c1sc2ccccc2c1C1CN(Cc2cnn(C)c2)CCO1. The van der Waals surface area contributed by atoms with Crippen molar-refractivity contribution in [1.82, 2.24) is 20.0 Å². The van der Waals surface area contributed by atoms with Crippen LogP contribution in [0.4, 0.5) is 0 Å². The van der Waals surface area contributed by atoms with E-state index in [0.29, 0.717) is 6.61 Å². The van der Waals surface area contributed by atoms with Gasteiger partial charge in [0, 0.05) is 54.7 Å². The normalized spacial score (nSPS) is 18.1. The molecule has 6 nitrogen and oxygen atoms in total. The van der Waals surface area contributed by atoms with Crippen LogP contribution in [0.1, 0.15) is 40.8 Å². The van der Waals surface area contributed by atoms with E-state index < -0.39 is 0 Å². The first-order valence-corrected chi connectivity index (χ1v) is 10.5. The molecular weight excluding hydrogens is 372 g/mol. The number of benzene rings is 1. The van der Waals surface area contributed by atoms with Crippen LogP contribution < -0.4 is 5.32 Å². The molecule has 1 fully saturated rings. The maximum Gasteiger partial charge on any atom is 0.261 e. The third-order valence-corrected chi connectivity index (χ3v) is 6.08. The number of carbonyl (C=O) groups excluding carboxylic acids is 1. The summed E-state index contributed by atoms with van der Waals surface area (Å²) in [6.07, 6.45) is 3.84. The lowest BCUT2D eigenvalue weighted by molar-refractivity contribution is -0.0323. The molecule has 1 amide bonds. The molecule has 1 atom stereocenters. The van der Waals surface area contributed by atoms with Crippen molar-refractivity contribution in [2.24, 2.45) is 7.05 Å². The summed E-state index contributed by atoms with van der Waals surface area (Å²) in [5, 5.41) is 8.43. The number of hydrogen-bond donors (Lipinski definition) is 1. The molecule has 2 aromatic heterocycles. The van der Waals surface area contributed by atoms with Crippen molar-refractivity contribution in [2.45, 2.75) is 32.5 Å². The number of thiophene rings is 1. The van der Waals surface area contributed by atoms with Crippen LogP contribution in [0.2, 0.25) is 0 Å². The topological polar surface area (TPSA) is 59.4 Å². The van der Waals surface area contributed by atoms with Crippen molar-refractivity contribution < 1.29 is 9.53 Å². The highest BCUT2D eigenvalue weighted by atomic mass is 32.1. The van der Waals surface area contributed by atoms with Crippen molar-refractivity contribution in [3.63, 3.8) is 0 Å². The van der Waals surface area contributed by atoms with Gasteiger partial charge in [0.05, 0.1) is 23.8 Å². The summed E-state index contributed by atoms with van der Waals surface area (Å²) in [5.74, 6) is -0.0146. The fraction of sp³-hybridized carbons (Fsp3) is 0.429. The van der Waals surface area contributed by atoms with Gasteiger partial charge < -0.3 is 10.1 Å². The molecule has 28 heavy (non-hydrogen) atoms. The quantitative estimate of drug-likeness (QED) is 0.716. The molecule has 4 rings (SSSR count). The fourth-order valence-corrected chi connectivity index (χ4v) is 4.87. The molecule has 3 heterocycles. The smallest absolute Gasteiger partial charge is 0.261 e. The highest BCUT2D eigenvalue weighted by Crippen LogP contribution is 2.38. The van der Waals surface area contributed by atoms with Crippen LogP contribution in [0.15, 0.2) is 36.7 Å². The summed E-state index contributed by atoms with van der Waals surface area (Å²) in [6.45, 7) is 7.09. The lowest BCUT2D eigenvalue weighted by Crippen LogP contribution is -2.38. The van der Waals surface area contributed by atoms with Crippen LogP contribution in [0.25, 0.3) is 10.1 Å². The number of morpholine rings is 1. The zero-order chi connectivity index (χ0) is 19.7. The standard InChI is InChI=1S/C21H26N4O2S/c1-14(2)23-21(26)20-19(16-6-4-5-7-18(16)28-20)17-13-25(8-9-27-17)12-15-10-22-24(3)11-15/h4-7,10-11,14,17H,8-9,12-13H2,1-3H3,(H,23,26). The van der Waals surface area contributed by atoms with Gasteiger partial charge in [-0.2, -0.15) is 5.10 Å². The number of aryl methyl sites for hydroxylation is 1. The van der Waals surface area contributed by atoms with Crippen molar-refractivity contribution >= 4 is 27.3 Å². The van der Waals surface area contributed by atoms with E-state index >= 15 is 0 Å². The lowest BCUT2D eigenvalue weighted by atomic mass is 10.0. The predicted octanol–water partition coefficient (Wildman–Crippen LogP) is 3.35. The van der Waals surface area contributed by atoms with Crippen molar-refractivity contribution in [2.75, 3.05) is 19.7 Å². The number of hydrogen-bond acceptors (Lipinski definition) is 5. The maximum absolute atomic E-state index is 12.9. The molecule has 0 spiro atoms. The van der Waals surface area contributed by atoms with E-state index in [1.807, 2.05) is 50.1 Å². The van der Waals surface area contributed by atoms with E-state index in [0.717, 1.165) is 40.2 Å². The Morgan fingerprint density at radius 3 is 2.96 bits per heavy atom. The van der Waals surface area contributed by atoms with Crippen LogP contribution in [0.3, 0.4) is 0 Å². The molecule has 1 aliphatic rings. The molecule has 0 radical (unpaired) electrons. The molecular formula is C21H26N4O2S. The van der Waals surface area contributed by atoms with Crippen molar-refractivity contribution in [3.05, 3.63) is 52.7 Å². The first-order chi connectivity index (χ1) is 13.5. The Morgan fingerprint density at radius 2 is 2.21 bits per heavy atom. The van der Waals surface area contributed by atoms with Gasteiger partial charge in [0.15, 0.2) is 0 Å². The summed E-state index contributed by atoms with van der Waals surface area (Å²) in [6, 6.07) is 8.31. The van der Waals surface area contributed by atoms with Gasteiger partial charge in [-0.15, -0.1) is 11.3 Å². The predicted molar refractivity (Wildman–Crippen MR) is 112 cm³/mol. The van der Waals surface area contributed by atoms with E-state index in [9.17, 15) is 4.79 Å². The maximum atomic E-state index is 12.9. The van der Waals surface area contributed by atoms with Crippen LogP contribution in [0.5, 0.6) is 0 Å². The number of aromatic nitrogens is 2. The van der Waals surface area contributed by atoms with E-state index in [1.54, 1.807) is 11.3 Å². The minimum Gasteiger partial charge on any atom is -0.371 e. The van der Waals surface area contributed by atoms with E-state index in [4.69, 9.17) is 4.74 Å². The zero-order valence-corrected chi connectivity index (χ0v) is 17.3. The minimum atomic E-state index is -0.116. The number of ether oxygens (including phenoxy) is 1. The van der Waals surface area contributed by atoms with Gasteiger partial charge >= 0.3 is 0 Å². The molecule has 1 aromatic carbocycles. The fourth-order valence-electron chi connectivity index (χ4n) is 3.71. The summed E-state index contributed by atoms with van der Waals surface area (Å²) >= 11 is 1.55. The van der Waals surface area contributed by atoms with E-state index in [2.05, 4.69) is 27.4 Å². The largest absolute Gasteiger partial charge is 0.371 e. The Hall–Kier alpha value is -2.22. The van der Waals surface area contributed by atoms with Crippen molar-refractivity contribution in [3.8, 4) is 0 Å². The Bertz CT molecular complexity index is 978. The minimum absolute atomic E-state index is 0.0146. The van der Waals surface area contributed by atoms with Crippen LogP contribution in [0, 0.1) is 0 Å². The molecule has 3 aromatic rings. The molecule has 1 N–H and O–H groups in total. The number of rotatable bonds is 5. The van der Waals surface area contributed by atoms with Gasteiger partial charge in [-0.3, -0.25) is 14.4 Å². The molecule has 0 saturated carbocycles. The summed E-state index contributed by atoms with van der Waals surface area (Å²) in [5.41, 5.74) is 2.21. The second kappa shape index (κ2) is 8.03. The highest BCUT2D eigenvalue weighted by molar-refractivity contribution is 7.21. The Kier molecular flexibility index (Phi) is 5.48. The van der Waals surface area contributed by atoms with Crippen LogP contribution >= 0.6 is 11.3 Å². The van der Waals surface area contributed by atoms with Gasteiger partial charge in [0.1, 0.15) is 0 Å². The molecule has 7 heteroatoms. The molecule has 1 aliphatic heterocycles. The van der Waals surface area contributed by atoms with Crippen LogP contribution in [-0.2, 0) is 18.3 Å². The molecule has 148 valence electrons. The van der Waals surface area contributed by atoms with Gasteiger partial charge in [0.2, 0.25) is 0 Å². The third kappa shape index (κ3) is 3.97. The monoisotopic (exact) mass is 398 g/mol.